The Kier molecular flexibility index (Phi) is 16.4. The molecule has 0 aliphatic heterocycles. The van der Waals surface area contributed by atoms with Gasteiger partial charge < -0.3 is 30.5 Å². The summed E-state index contributed by atoms with van der Waals surface area (Å²) in [5, 5.41) is 20.5. The molecule has 0 radical (unpaired) electrons. The zero-order valence-corrected chi connectivity index (χ0v) is 32.6. The molecule has 10 nitrogen and oxygen atoms in total. The molecule has 58 heavy (non-hydrogen) atoms. The topological polar surface area (TPSA) is 143 Å². The number of hydrogen-bond donors (Lipinski definition) is 4. The molecule has 300 valence electrons. The maximum absolute atomic E-state index is 13.8. The molecule has 5 aromatic carbocycles. The minimum Gasteiger partial charge on any atom is -0.489 e. The Morgan fingerprint density at radius 2 is 1.28 bits per heavy atom. The fourth-order valence-electron chi connectivity index (χ4n) is 6.52. The van der Waals surface area contributed by atoms with Crippen molar-refractivity contribution < 1.29 is 33.8 Å². The number of carbonyl (C=O) groups excluding carboxylic acids is 4. The number of ether oxygens (including phenoxy) is 2. The monoisotopic (exact) mass is 781 g/mol. The van der Waals surface area contributed by atoms with Crippen LogP contribution < -0.4 is 20.7 Å². The largest absolute Gasteiger partial charge is 0.489 e. The molecule has 0 unspecified atom stereocenters. The van der Waals surface area contributed by atoms with E-state index in [-0.39, 0.29) is 19.4 Å². The second-order valence-electron chi connectivity index (χ2n) is 14.1. The van der Waals surface area contributed by atoms with E-state index in [0.29, 0.717) is 37.3 Å². The van der Waals surface area contributed by atoms with Crippen molar-refractivity contribution >= 4 is 40.2 Å². The number of nitrogens with one attached hydrogen (secondary N) is 3. The molecule has 10 heteroatoms. The van der Waals surface area contributed by atoms with Crippen LogP contribution in [0.4, 0.5) is 5.69 Å². The van der Waals surface area contributed by atoms with E-state index < -0.39 is 54.2 Å². The van der Waals surface area contributed by atoms with Gasteiger partial charge in [0.1, 0.15) is 25.0 Å². The summed E-state index contributed by atoms with van der Waals surface area (Å²) < 4.78 is 11.6. The molecule has 0 heterocycles. The first-order valence-corrected chi connectivity index (χ1v) is 19.4. The molecule has 0 aliphatic rings. The molecule has 0 spiro atoms. The summed E-state index contributed by atoms with van der Waals surface area (Å²) in [4.78, 5) is 54.3. The van der Waals surface area contributed by atoms with Crippen LogP contribution in [0.15, 0.2) is 153 Å². The SMILES string of the molecule is C=CC[C@H](CC(=O)N[C@H](CO)Cc1ccc(OCc2ccccc2)cc1)C(=O)N[C@@H](COC(=O)[C@@H](CC=C)Cc1ccccc1)C(=O)Nc1ccc2ccccc2c1. The van der Waals surface area contributed by atoms with Gasteiger partial charge in [-0.3, -0.25) is 19.2 Å². The number of rotatable bonds is 22. The normalized spacial score (nSPS) is 12.9. The summed E-state index contributed by atoms with van der Waals surface area (Å²) in [5.74, 6) is -2.95. The number of benzene rings is 5. The minimum absolute atomic E-state index is 0.130. The molecular formula is C48H51N3O7. The van der Waals surface area contributed by atoms with Gasteiger partial charge in [0.25, 0.3) is 5.91 Å². The minimum atomic E-state index is -1.29. The van der Waals surface area contributed by atoms with E-state index in [0.717, 1.165) is 27.5 Å². The fraction of sp³-hybridized carbons (Fsp3) is 0.250. The lowest BCUT2D eigenvalue weighted by Crippen LogP contribution is -2.50. The van der Waals surface area contributed by atoms with Crippen molar-refractivity contribution in [1.29, 1.82) is 0 Å². The van der Waals surface area contributed by atoms with Gasteiger partial charge in [0.2, 0.25) is 11.8 Å². The average Bonchev–Trinajstić information content (AvgIpc) is 3.24. The Morgan fingerprint density at radius 1 is 0.655 bits per heavy atom. The van der Waals surface area contributed by atoms with E-state index in [4.69, 9.17) is 9.47 Å². The predicted octanol–water partition coefficient (Wildman–Crippen LogP) is 7.12. The number of aliphatic hydroxyl groups excluding tert-OH is 1. The molecule has 5 rings (SSSR count). The smallest absolute Gasteiger partial charge is 0.309 e. The molecule has 0 saturated heterocycles. The predicted molar refractivity (Wildman–Crippen MR) is 227 cm³/mol. The van der Waals surface area contributed by atoms with Gasteiger partial charge in [-0.2, -0.15) is 0 Å². The van der Waals surface area contributed by atoms with Crippen LogP contribution in [-0.2, 0) is 43.4 Å². The number of esters is 1. The van der Waals surface area contributed by atoms with Crippen LogP contribution in [0, 0.1) is 11.8 Å². The van der Waals surface area contributed by atoms with Crippen LogP contribution in [0.1, 0.15) is 36.0 Å². The third kappa shape index (κ3) is 13.3. The zero-order valence-electron chi connectivity index (χ0n) is 32.6. The van der Waals surface area contributed by atoms with Crippen LogP contribution in [-0.4, -0.2) is 54.1 Å². The highest BCUT2D eigenvalue weighted by Crippen LogP contribution is 2.21. The van der Waals surface area contributed by atoms with Crippen molar-refractivity contribution in [3.63, 3.8) is 0 Å². The van der Waals surface area contributed by atoms with Crippen LogP contribution in [0.3, 0.4) is 0 Å². The molecule has 5 aromatic rings. The summed E-state index contributed by atoms with van der Waals surface area (Å²) in [5.41, 5.74) is 3.37. The Morgan fingerprint density at radius 3 is 1.95 bits per heavy atom. The lowest BCUT2D eigenvalue weighted by atomic mass is 9.96. The van der Waals surface area contributed by atoms with Crippen LogP contribution >= 0.6 is 0 Å². The van der Waals surface area contributed by atoms with Gasteiger partial charge in [0, 0.05) is 12.1 Å². The third-order valence-corrected chi connectivity index (χ3v) is 9.64. The third-order valence-electron chi connectivity index (χ3n) is 9.64. The maximum atomic E-state index is 13.8. The van der Waals surface area contributed by atoms with E-state index in [9.17, 15) is 24.3 Å². The molecule has 4 atom stereocenters. The molecule has 0 aromatic heterocycles. The number of amides is 3. The molecule has 4 N–H and O–H groups in total. The first-order chi connectivity index (χ1) is 28.2. The molecule has 0 saturated carbocycles. The van der Waals surface area contributed by atoms with Crippen molar-refractivity contribution in [3.05, 3.63) is 169 Å². The number of carbonyl (C=O) groups is 4. The molecule has 3 amide bonds. The second kappa shape index (κ2) is 22.3. The Balaban J connectivity index is 1.22. The zero-order chi connectivity index (χ0) is 41.1. The standard InChI is InChI=1S/C48H51N3O7/c1-3-13-39(30-45(53)49-42(31-52)28-35-21-25-43(26-22-35)57-32-36-17-9-6-10-18-36)46(54)51-44(47(55)50-41-24-23-37-19-11-12-20-38(37)29-41)33-58-48(56)40(14-4-2)27-34-15-7-5-8-16-34/h3-12,15-26,29,39-40,42,44,52H,1-2,13-14,27-28,30-33H2,(H,49,53)(H,50,55)(H,51,54)/t39-,40+,42+,44+/m1/s1. The number of aliphatic hydroxyl groups is 1. The Bertz CT molecular complexity index is 2120. The quantitative estimate of drug-likeness (QED) is 0.0433. The van der Waals surface area contributed by atoms with E-state index in [1.54, 1.807) is 12.1 Å². The van der Waals surface area contributed by atoms with Crippen molar-refractivity contribution in [2.45, 2.75) is 50.8 Å². The highest BCUT2D eigenvalue weighted by Gasteiger charge is 2.30. The summed E-state index contributed by atoms with van der Waals surface area (Å²) in [7, 11) is 0. The van der Waals surface area contributed by atoms with E-state index >= 15 is 0 Å². The second-order valence-corrected chi connectivity index (χ2v) is 14.1. The average molecular weight is 782 g/mol. The number of fused-ring (bicyclic) bond motifs is 1. The first-order valence-electron chi connectivity index (χ1n) is 19.4. The molecular weight excluding hydrogens is 731 g/mol. The van der Waals surface area contributed by atoms with Gasteiger partial charge in [-0.1, -0.05) is 115 Å². The van der Waals surface area contributed by atoms with Crippen LogP contribution in [0.2, 0.25) is 0 Å². The number of allylic oxidation sites excluding steroid dienone is 2. The van der Waals surface area contributed by atoms with Crippen molar-refractivity contribution in [2.75, 3.05) is 18.5 Å². The fourth-order valence-corrected chi connectivity index (χ4v) is 6.52. The van der Waals surface area contributed by atoms with Gasteiger partial charge >= 0.3 is 5.97 Å². The molecule has 0 bridgehead atoms. The molecule has 0 aliphatic carbocycles. The van der Waals surface area contributed by atoms with Gasteiger partial charge in [-0.05, 0) is 77.4 Å². The van der Waals surface area contributed by atoms with Gasteiger partial charge in [0.15, 0.2) is 0 Å². The van der Waals surface area contributed by atoms with Crippen molar-refractivity contribution in [1.82, 2.24) is 10.6 Å². The lowest BCUT2D eigenvalue weighted by Gasteiger charge is -2.23. The summed E-state index contributed by atoms with van der Waals surface area (Å²) in [6.45, 7) is 7.22. The summed E-state index contributed by atoms with van der Waals surface area (Å²) >= 11 is 0. The first kappa shape index (κ1) is 42.6. The summed E-state index contributed by atoms with van der Waals surface area (Å²) in [6.07, 6.45) is 4.17. The highest BCUT2D eigenvalue weighted by molar-refractivity contribution is 5.99. The van der Waals surface area contributed by atoms with E-state index in [1.807, 2.05) is 121 Å². The van der Waals surface area contributed by atoms with Crippen LogP contribution in [0.5, 0.6) is 5.75 Å². The van der Waals surface area contributed by atoms with Crippen molar-refractivity contribution in [2.24, 2.45) is 11.8 Å². The number of anilines is 1. The number of hydrogen-bond acceptors (Lipinski definition) is 7. The van der Waals surface area contributed by atoms with Gasteiger partial charge in [0.05, 0.1) is 24.5 Å². The van der Waals surface area contributed by atoms with Gasteiger partial charge in [-0.15, -0.1) is 13.2 Å². The summed E-state index contributed by atoms with van der Waals surface area (Å²) in [6, 6.07) is 38.0. The van der Waals surface area contributed by atoms with E-state index in [2.05, 4.69) is 29.1 Å². The van der Waals surface area contributed by atoms with Gasteiger partial charge in [-0.25, -0.2) is 0 Å². The Labute approximate surface area is 340 Å². The maximum Gasteiger partial charge on any atom is 0.309 e. The van der Waals surface area contributed by atoms with Crippen LogP contribution in [0.25, 0.3) is 10.8 Å². The lowest BCUT2D eigenvalue weighted by molar-refractivity contribution is -0.150. The van der Waals surface area contributed by atoms with Crippen molar-refractivity contribution in [3.8, 4) is 5.75 Å². The van der Waals surface area contributed by atoms with E-state index in [1.165, 1.54) is 6.08 Å². The molecule has 0 fully saturated rings. The highest BCUT2D eigenvalue weighted by atomic mass is 16.5. The Hall–Kier alpha value is -6.52.